The van der Waals surface area contributed by atoms with E-state index in [1.165, 1.54) is 19.2 Å². The number of alkyl halides is 3. The number of hydrogen-bond donors (Lipinski definition) is 1. The maximum Gasteiger partial charge on any atom is 0.416 e. The van der Waals surface area contributed by atoms with Gasteiger partial charge in [-0.05, 0) is 41.7 Å². The summed E-state index contributed by atoms with van der Waals surface area (Å²) in [6.45, 7) is 0. The fraction of sp³-hybridized carbons (Fsp3) is 0.308. The Balaban J connectivity index is 1.72. The van der Waals surface area contributed by atoms with Gasteiger partial charge in [0.15, 0.2) is 5.78 Å². The number of halogens is 3. The van der Waals surface area contributed by atoms with Crippen LogP contribution >= 0.6 is 0 Å². The molecule has 2 aliphatic carbocycles. The minimum absolute atomic E-state index is 0.162. The number of aldehydes is 1. The third-order valence-electron chi connectivity index (χ3n) is 6.23. The Morgan fingerprint density at radius 3 is 2.70 bits per heavy atom. The minimum atomic E-state index is -4.52. The normalized spacial score (nSPS) is 20.8. The summed E-state index contributed by atoms with van der Waals surface area (Å²) in [6, 6.07) is 12.6. The number of Topliss-reactive ketones (excluding diaryl/α,β-unsaturated/α-hetero) is 1. The SMILES string of the molecule is COC(CCC=O)NC1=C(c2cccc(C(F)(F)F)c2)C(=O)C(C2C=Cc3ccccc32)C1. The van der Waals surface area contributed by atoms with Gasteiger partial charge in [0.2, 0.25) is 0 Å². The van der Waals surface area contributed by atoms with Gasteiger partial charge in [-0.2, -0.15) is 13.2 Å². The van der Waals surface area contributed by atoms with E-state index in [0.717, 1.165) is 29.5 Å². The largest absolute Gasteiger partial charge is 0.416 e. The van der Waals surface area contributed by atoms with Crippen LogP contribution in [0.25, 0.3) is 11.6 Å². The predicted octanol–water partition coefficient (Wildman–Crippen LogP) is 5.36. The first-order valence-corrected chi connectivity index (χ1v) is 10.8. The lowest BCUT2D eigenvalue weighted by Crippen LogP contribution is -2.30. The van der Waals surface area contributed by atoms with Gasteiger partial charge in [0.1, 0.15) is 12.5 Å². The number of benzene rings is 2. The number of fused-ring (bicyclic) bond motifs is 1. The molecule has 0 spiro atoms. The van der Waals surface area contributed by atoms with Crippen molar-refractivity contribution in [3.8, 4) is 0 Å². The van der Waals surface area contributed by atoms with Crippen LogP contribution in [0, 0.1) is 5.92 Å². The number of ketones is 1. The summed E-state index contributed by atoms with van der Waals surface area (Å²) < 4.78 is 45.5. The molecule has 0 aliphatic heterocycles. The monoisotopic (exact) mass is 455 g/mol. The molecule has 4 rings (SSSR count). The molecule has 3 unspecified atom stereocenters. The van der Waals surface area contributed by atoms with E-state index >= 15 is 0 Å². The summed E-state index contributed by atoms with van der Waals surface area (Å²) in [5, 5.41) is 3.19. The summed E-state index contributed by atoms with van der Waals surface area (Å²) in [4.78, 5) is 24.5. The molecule has 3 atom stereocenters. The zero-order valence-electron chi connectivity index (χ0n) is 18.1. The van der Waals surface area contributed by atoms with E-state index in [9.17, 15) is 22.8 Å². The molecule has 0 bridgehead atoms. The molecule has 0 saturated heterocycles. The number of carbonyl (C=O) groups excluding carboxylic acids is 2. The van der Waals surface area contributed by atoms with Crippen molar-refractivity contribution >= 4 is 23.7 Å². The summed E-state index contributed by atoms with van der Waals surface area (Å²) in [6.07, 6.45) is 0.664. The van der Waals surface area contributed by atoms with Crippen molar-refractivity contribution in [3.05, 3.63) is 82.6 Å². The molecule has 1 N–H and O–H groups in total. The van der Waals surface area contributed by atoms with Gasteiger partial charge in [-0.3, -0.25) is 4.79 Å². The minimum Gasteiger partial charge on any atom is -0.363 e. The number of allylic oxidation sites excluding steroid dienone is 3. The highest BCUT2D eigenvalue weighted by Gasteiger charge is 2.41. The number of ether oxygens (including phenoxy) is 1. The molecule has 0 heterocycles. The van der Waals surface area contributed by atoms with E-state index in [-0.39, 0.29) is 29.3 Å². The molecule has 2 aromatic rings. The van der Waals surface area contributed by atoms with Gasteiger partial charge in [0, 0.05) is 36.6 Å². The van der Waals surface area contributed by atoms with Crippen molar-refractivity contribution in [2.24, 2.45) is 5.92 Å². The fourth-order valence-corrected chi connectivity index (χ4v) is 4.63. The van der Waals surface area contributed by atoms with E-state index < -0.39 is 23.9 Å². The number of methoxy groups -OCH3 is 1. The zero-order valence-corrected chi connectivity index (χ0v) is 18.1. The topological polar surface area (TPSA) is 55.4 Å². The maximum atomic E-state index is 13.6. The Kier molecular flexibility index (Phi) is 6.51. The second-order valence-corrected chi connectivity index (χ2v) is 8.23. The Morgan fingerprint density at radius 1 is 1.18 bits per heavy atom. The van der Waals surface area contributed by atoms with Crippen LogP contribution < -0.4 is 5.32 Å². The second kappa shape index (κ2) is 9.35. The van der Waals surface area contributed by atoms with Crippen molar-refractivity contribution in [3.63, 3.8) is 0 Å². The van der Waals surface area contributed by atoms with Gasteiger partial charge >= 0.3 is 6.18 Å². The van der Waals surface area contributed by atoms with Crippen molar-refractivity contribution in [1.29, 1.82) is 0 Å². The van der Waals surface area contributed by atoms with Crippen LogP contribution in [-0.2, 0) is 20.5 Å². The highest BCUT2D eigenvalue weighted by molar-refractivity contribution is 6.25. The van der Waals surface area contributed by atoms with E-state index in [2.05, 4.69) is 5.32 Å². The Labute approximate surface area is 190 Å². The number of carbonyl (C=O) groups is 2. The molecule has 0 fully saturated rings. The lowest BCUT2D eigenvalue weighted by atomic mass is 9.84. The van der Waals surface area contributed by atoms with Gasteiger partial charge in [0.05, 0.1) is 5.56 Å². The van der Waals surface area contributed by atoms with Crippen LogP contribution in [0.2, 0.25) is 0 Å². The Morgan fingerprint density at radius 2 is 1.97 bits per heavy atom. The molecule has 0 amide bonds. The van der Waals surface area contributed by atoms with E-state index in [1.54, 1.807) is 0 Å². The average molecular weight is 455 g/mol. The van der Waals surface area contributed by atoms with Gasteiger partial charge < -0.3 is 14.8 Å². The van der Waals surface area contributed by atoms with Crippen LogP contribution in [-0.4, -0.2) is 25.4 Å². The maximum absolute atomic E-state index is 13.6. The lowest BCUT2D eigenvalue weighted by molar-refractivity contribution is -0.137. The standard InChI is InChI=1S/C26H24F3NO3/c1-33-23(10-5-13-31)30-22-15-21(20-12-11-16-6-2-3-9-19(16)20)25(32)24(22)17-7-4-8-18(14-17)26(27,28)29/h2-4,6-9,11-14,20-21,23,30H,5,10,15H2,1H3. The number of nitrogens with one attached hydrogen (secondary N) is 1. The van der Waals surface area contributed by atoms with Crippen LogP contribution in [0.5, 0.6) is 0 Å². The fourth-order valence-electron chi connectivity index (χ4n) is 4.63. The predicted molar refractivity (Wildman–Crippen MR) is 119 cm³/mol. The molecular formula is C26H24F3NO3. The first-order chi connectivity index (χ1) is 15.8. The number of rotatable bonds is 8. The van der Waals surface area contributed by atoms with Crippen LogP contribution in [0.3, 0.4) is 0 Å². The van der Waals surface area contributed by atoms with E-state index in [4.69, 9.17) is 4.74 Å². The van der Waals surface area contributed by atoms with Gasteiger partial charge in [-0.1, -0.05) is 48.6 Å². The molecule has 4 nitrogen and oxygen atoms in total. The van der Waals surface area contributed by atoms with Crippen LogP contribution in [0.4, 0.5) is 13.2 Å². The van der Waals surface area contributed by atoms with E-state index in [0.29, 0.717) is 18.5 Å². The molecular weight excluding hydrogens is 431 g/mol. The zero-order chi connectivity index (χ0) is 23.6. The molecule has 0 aromatic heterocycles. The van der Waals surface area contributed by atoms with Gasteiger partial charge in [0.25, 0.3) is 0 Å². The van der Waals surface area contributed by atoms with Crippen molar-refractivity contribution in [2.45, 2.75) is 37.6 Å². The summed E-state index contributed by atoms with van der Waals surface area (Å²) >= 11 is 0. The summed E-state index contributed by atoms with van der Waals surface area (Å²) in [5.41, 5.74) is 2.28. The second-order valence-electron chi connectivity index (χ2n) is 8.23. The van der Waals surface area contributed by atoms with Crippen molar-refractivity contribution in [1.82, 2.24) is 5.32 Å². The average Bonchev–Trinajstić information content (AvgIpc) is 3.36. The Bertz CT molecular complexity index is 1120. The Hall–Kier alpha value is -3.19. The molecule has 172 valence electrons. The first kappa shape index (κ1) is 23.0. The highest BCUT2D eigenvalue weighted by Crippen LogP contribution is 2.45. The van der Waals surface area contributed by atoms with E-state index in [1.807, 2.05) is 36.4 Å². The quantitative estimate of drug-likeness (QED) is 0.430. The van der Waals surface area contributed by atoms with Crippen LogP contribution in [0.15, 0.2) is 60.3 Å². The number of hydrogen-bond acceptors (Lipinski definition) is 4. The summed E-state index contributed by atoms with van der Waals surface area (Å²) in [5.74, 6) is -0.807. The van der Waals surface area contributed by atoms with Gasteiger partial charge in [-0.15, -0.1) is 0 Å². The molecule has 7 heteroatoms. The molecule has 2 aliphatic rings. The summed E-state index contributed by atoms with van der Waals surface area (Å²) in [7, 11) is 1.48. The van der Waals surface area contributed by atoms with Crippen molar-refractivity contribution in [2.75, 3.05) is 7.11 Å². The van der Waals surface area contributed by atoms with Gasteiger partial charge in [-0.25, -0.2) is 0 Å². The first-order valence-electron chi connectivity index (χ1n) is 10.8. The third-order valence-corrected chi connectivity index (χ3v) is 6.23. The third kappa shape index (κ3) is 4.64. The smallest absolute Gasteiger partial charge is 0.363 e. The highest BCUT2D eigenvalue weighted by atomic mass is 19.4. The molecule has 2 aromatic carbocycles. The molecule has 33 heavy (non-hydrogen) atoms. The molecule has 0 radical (unpaired) electrons. The van der Waals surface area contributed by atoms with Crippen molar-refractivity contribution < 1.29 is 27.5 Å². The molecule has 0 saturated carbocycles. The van der Waals surface area contributed by atoms with Crippen LogP contribution in [0.1, 0.15) is 47.4 Å². The lowest BCUT2D eigenvalue weighted by Gasteiger charge is -2.21.